The van der Waals surface area contributed by atoms with Crippen LogP contribution in [0.4, 0.5) is 11.4 Å². The lowest BCUT2D eigenvalue weighted by atomic mass is 10.1. The molecule has 0 bridgehead atoms. The van der Waals surface area contributed by atoms with Crippen molar-refractivity contribution in [2.24, 2.45) is 10.9 Å². The fraction of sp³-hybridized carbons (Fsp3) is 0.350. The first kappa shape index (κ1) is 18.5. The summed E-state index contributed by atoms with van der Waals surface area (Å²) in [5.74, 6) is 1.48. The maximum absolute atomic E-state index is 10.9. The second-order valence-electron chi connectivity index (χ2n) is 6.91. The van der Waals surface area contributed by atoms with Crippen molar-refractivity contribution < 1.29 is 4.92 Å². The summed E-state index contributed by atoms with van der Waals surface area (Å²) in [4.78, 5) is 17.8. The zero-order valence-corrected chi connectivity index (χ0v) is 16.1. The van der Waals surface area contributed by atoms with E-state index in [1.807, 2.05) is 13.0 Å². The van der Waals surface area contributed by atoms with E-state index in [2.05, 4.69) is 43.0 Å². The van der Waals surface area contributed by atoms with Gasteiger partial charge in [-0.25, -0.2) is 4.99 Å². The van der Waals surface area contributed by atoms with Gasteiger partial charge in [0.1, 0.15) is 0 Å². The van der Waals surface area contributed by atoms with E-state index in [1.54, 1.807) is 23.9 Å². The summed E-state index contributed by atoms with van der Waals surface area (Å²) >= 11 is 1.75. The Bertz CT molecular complexity index is 821. The summed E-state index contributed by atoms with van der Waals surface area (Å²) in [6, 6.07) is 15.7. The first-order chi connectivity index (χ1) is 12.5. The molecule has 2 aromatic carbocycles. The van der Waals surface area contributed by atoms with Gasteiger partial charge in [0.05, 0.1) is 16.7 Å². The zero-order valence-electron chi connectivity index (χ0n) is 15.3. The molecule has 1 saturated heterocycles. The molecular formula is C20H23N3O2S. The van der Waals surface area contributed by atoms with Gasteiger partial charge >= 0.3 is 0 Å². The molecular weight excluding hydrogens is 346 g/mol. The molecule has 0 aromatic heterocycles. The smallest absolute Gasteiger partial charge is 0.269 e. The second kappa shape index (κ2) is 7.91. The van der Waals surface area contributed by atoms with Gasteiger partial charge in [0, 0.05) is 24.4 Å². The fourth-order valence-corrected chi connectivity index (χ4v) is 4.30. The molecule has 1 unspecified atom stereocenters. The van der Waals surface area contributed by atoms with Crippen LogP contribution in [0.5, 0.6) is 0 Å². The molecule has 0 saturated carbocycles. The number of aryl methyl sites for hydroxylation is 1. The average molecular weight is 369 g/mol. The Morgan fingerprint density at radius 3 is 2.62 bits per heavy atom. The lowest BCUT2D eigenvalue weighted by Crippen LogP contribution is -2.31. The normalized spacial score (nSPS) is 18.7. The Labute approximate surface area is 158 Å². The summed E-state index contributed by atoms with van der Waals surface area (Å²) in [5, 5.41) is 11.9. The van der Waals surface area contributed by atoms with Crippen LogP contribution in [0.25, 0.3) is 0 Å². The predicted molar refractivity (Wildman–Crippen MR) is 108 cm³/mol. The van der Waals surface area contributed by atoms with E-state index in [-0.39, 0.29) is 10.6 Å². The van der Waals surface area contributed by atoms with E-state index in [1.165, 1.54) is 11.6 Å². The minimum Gasteiger partial charge on any atom is -0.343 e. The number of benzene rings is 2. The van der Waals surface area contributed by atoms with Gasteiger partial charge < -0.3 is 4.90 Å². The van der Waals surface area contributed by atoms with Crippen molar-refractivity contribution in [3.05, 3.63) is 69.8 Å². The predicted octanol–water partition coefficient (Wildman–Crippen LogP) is 5.34. The average Bonchev–Trinajstić information content (AvgIpc) is 2.99. The van der Waals surface area contributed by atoms with Crippen LogP contribution in [-0.4, -0.2) is 27.3 Å². The standard InChI is InChI=1S/C20H23N3O2S/c1-14(2)12-22-19(16-7-5-4-6-8-16)13-26-20(22)21-18-10-9-17(23(24)25)11-15(18)3/h4-11,14,19H,12-13H2,1-3H3. The topological polar surface area (TPSA) is 58.7 Å². The highest BCUT2D eigenvalue weighted by atomic mass is 32.2. The van der Waals surface area contributed by atoms with Gasteiger partial charge in [-0.3, -0.25) is 10.1 Å². The molecule has 1 aliphatic heterocycles. The molecule has 1 heterocycles. The van der Waals surface area contributed by atoms with E-state index >= 15 is 0 Å². The summed E-state index contributed by atoms with van der Waals surface area (Å²) in [5.41, 5.74) is 3.01. The summed E-state index contributed by atoms with van der Waals surface area (Å²) in [6.07, 6.45) is 0. The largest absolute Gasteiger partial charge is 0.343 e. The second-order valence-corrected chi connectivity index (χ2v) is 7.89. The maximum atomic E-state index is 10.9. The molecule has 26 heavy (non-hydrogen) atoms. The molecule has 2 aromatic rings. The highest BCUT2D eigenvalue weighted by Gasteiger charge is 2.31. The van der Waals surface area contributed by atoms with Crippen LogP contribution < -0.4 is 0 Å². The molecule has 1 fully saturated rings. The van der Waals surface area contributed by atoms with Gasteiger partial charge in [0.25, 0.3) is 5.69 Å². The third-order valence-corrected chi connectivity index (χ3v) is 5.41. The summed E-state index contributed by atoms with van der Waals surface area (Å²) in [7, 11) is 0. The third kappa shape index (κ3) is 4.07. The quantitative estimate of drug-likeness (QED) is 0.527. The lowest BCUT2D eigenvalue weighted by molar-refractivity contribution is -0.384. The summed E-state index contributed by atoms with van der Waals surface area (Å²) < 4.78 is 0. The van der Waals surface area contributed by atoms with Crippen LogP contribution in [0.1, 0.15) is 31.0 Å². The Kier molecular flexibility index (Phi) is 5.61. The van der Waals surface area contributed by atoms with Gasteiger partial charge in [0.15, 0.2) is 5.17 Å². The minimum atomic E-state index is -0.370. The minimum absolute atomic E-state index is 0.103. The molecule has 5 nitrogen and oxygen atoms in total. The van der Waals surface area contributed by atoms with Crippen molar-refractivity contribution in [1.29, 1.82) is 0 Å². The van der Waals surface area contributed by atoms with Crippen molar-refractivity contribution >= 4 is 28.3 Å². The number of nitrogens with zero attached hydrogens (tertiary/aromatic N) is 3. The Morgan fingerprint density at radius 2 is 2.00 bits per heavy atom. The number of nitro groups is 1. The first-order valence-electron chi connectivity index (χ1n) is 8.74. The van der Waals surface area contributed by atoms with E-state index in [0.29, 0.717) is 12.0 Å². The van der Waals surface area contributed by atoms with Gasteiger partial charge in [-0.2, -0.15) is 0 Å². The van der Waals surface area contributed by atoms with Gasteiger partial charge in [-0.15, -0.1) is 0 Å². The SMILES string of the molecule is Cc1cc([N+](=O)[O-])ccc1N=C1SCC(c2ccccc2)N1CC(C)C. The van der Waals surface area contributed by atoms with Crippen LogP contribution in [0.3, 0.4) is 0 Å². The number of non-ortho nitro benzene ring substituents is 1. The number of thioether (sulfide) groups is 1. The van der Waals surface area contributed by atoms with Crippen LogP contribution in [-0.2, 0) is 0 Å². The molecule has 6 heteroatoms. The van der Waals surface area contributed by atoms with Crippen LogP contribution in [0.15, 0.2) is 53.5 Å². The molecule has 0 radical (unpaired) electrons. The maximum Gasteiger partial charge on any atom is 0.269 e. The molecule has 136 valence electrons. The Hall–Kier alpha value is -2.34. The fourth-order valence-electron chi connectivity index (χ4n) is 3.09. The monoisotopic (exact) mass is 369 g/mol. The lowest BCUT2D eigenvalue weighted by Gasteiger charge is -2.28. The Balaban J connectivity index is 1.93. The number of hydrogen-bond donors (Lipinski definition) is 0. The third-order valence-electron chi connectivity index (χ3n) is 4.35. The van der Waals surface area contributed by atoms with Crippen LogP contribution in [0.2, 0.25) is 0 Å². The molecule has 1 aliphatic rings. The van der Waals surface area contributed by atoms with E-state index in [4.69, 9.17) is 4.99 Å². The van der Waals surface area contributed by atoms with E-state index < -0.39 is 0 Å². The van der Waals surface area contributed by atoms with Crippen molar-refractivity contribution in [2.75, 3.05) is 12.3 Å². The molecule has 1 atom stereocenters. The number of amidine groups is 1. The molecule has 0 N–H and O–H groups in total. The van der Waals surface area contributed by atoms with E-state index in [9.17, 15) is 10.1 Å². The van der Waals surface area contributed by atoms with Crippen molar-refractivity contribution in [3.63, 3.8) is 0 Å². The summed E-state index contributed by atoms with van der Waals surface area (Å²) in [6.45, 7) is 7.21. The van der Waals surface area contributed by atoms with Crippen LogP contribution >= 0.6 is 11.8 Å². The van der Waals surface area contributed by atoms with Gasteiger partial charge in [-0.1, -0.05) is 55.9 Å². The first-order valence-corrected chi connectivity index (χ1v) is 9.72. The number of hydrogen-bond acceptors (Lipinski definition) is 4. The zero-order chi connectivity index (χ0) is 18.7. The van der Waals surface area contributed by atoms with Crippen molar-refractivity contribution in [2.45, 2.75) is 26.8 Å². The molecule has 0 spiro atoms. The number of rotatable bonds is 5. The molecule has 3 rings (SSSR count). The Morgan fingerprint density at radius 1 is 1.27 bits per heavy atom. The highest BCUT2D eigenvalue weighted by molar-refractivity contribution is 8.14. The van der Waals surface area contributed by atoms with E-state index in [0.717, 1.165) is 28.7 Å². The molecule has 0 amide bonds. The van der Waals surface area contributed by atoms with Crippen molar-refractivity contribution in [3.8, 4) is 0 Å². The highest BCUT2D eigenvalue weighted by Crippen LogP contribution is 2.37. The number of aliphatic imine (C=N–C) groups is 1. The van der Waals surface area contributed by atoms with Crippen LogP contribution in [0, 0.1) is 23.0 Å². The van der Waals surface area contributed by atoms with Crippen molar-refractivity contribution in [1.82, 2.24) is 4.90 Å². The van der Waals surface area contributed by atoms with Gasteiger partial charge in [-0.05, 0) is 30.0 Å². The number of nitro benzene ring substituents is 1. The molecule has 0 aliphatic carbocycles. The van der Waals surface area contributed by atoms with Gasteiger partial charge in [0.2, 0.25) is 0 Å².